The number of hydrogen-bond acceptors (Lipinski definition) is 16. The highest BCUT2D eigenvalue weighted by molar-refractivity contribution is 5.88. The van der Waals surface area contributed by atoms with Crippen LogP contribution < -0.4 is 22.1 Å². The Kier molecular flexibility index (Phi) is 27.4. The summed E-state index contributed by atoms with van der Waals surface area (Å²) in [5.41, 5.74) is 15.3. The largest absolute Gasteiger partial charge is 0.445 e. The van der Waals surface area contributed by atoms with Crippen LogP contribution in [0, 0.1) is 55.4 Å². The lowest BCUT2D eigenvalue weighted by molar-refractivity contribution is -0.128. The van der Waals surface area contributed by atoms with Gasteiger partial charge < -0.3 is 69.1 Å². The maximum Gasteiger partial charge on any atom is 0.410 e. The molecule has 2 aliphatic heterocycles. The lowest BCUT2D eigenvalue weighted by atomic mass is 10.1. The van der Waals surface area contributed by atoms with Gasteiger partial charge in [0.25, 0.3) is 0 Å². The highest BCUT2D eigenvalue weighted by atomic mass is 16.6. The Morgan fingerprint density at radius 3 is 1.22 bits per heavy atom. The van der Waals surface area contributed by atoms with Crippen LogP contribution in [0.2, 0.25) is 0 Å². The second-order valence-corrected chi connectivity index (χ2v) is 24.0. The van der Waals surface area contributed by atoms with Gasteiger partial charge in [-0.05, 0) is 108 Å². The molecule has 2 atom stereocenters. The van der Waals surface area contributed by atoms with E-state index in [9.17, 15) is 28.8 Å². The SMILES string of the molecule is Cc1cn(CCN)c(C)n1.Cc1cn(CCNC(=O)[C@H]2CN(C(=O)OC(C)(C)C)CCN2C(=O)OCc2ccccc2)c(C)n1.Cc1cnc(C)n1CCN.Cc1cnc(C)n1CCNC(=O)[C@H]1CN(C(=O)OC(C)(C)C)CCN1C(=O)OCc1ccccc1. The zero-order valence-corrected chi connectivity index (χ0v) is 55.2. The molecule has 8 rings (SSSR count). The number of nitrogens with zero attached hydrogens (tertiary/aromatic N) is 12. The second-order valence-electron chi connectivity index (χ2n) is 24.0. The molecule has 26 nitrogen and oxygen atoms in total. The smallest absolute Gasteiger partial charge is 0.410 e. The summed E-state index contributed by atoms with van der Waals surface area (Å²) < 4.78 is 30.0. The summed E-state index contributed by atoms with van der Waals surface area (Å²) in [7, 11) is 0. The number of carbonyl (C=O) groups is 6. The van der Waals surface area contributed by atoms with Crippen molar-refractivity contribution < 1.29 is 47.7 Å². The molecule has 2 saturated heterocycles. The number of ether oxygens (including phenoxy) is 4. The zero-order valence-electron chi connectivity index (χ0n) is 55.2. The third-order valence-electron chi connectivity index (χ3n) is 14.3. The van der Waals surface area contributed by atoms with Crippen molar-refractivity contribution in [1.29, 1.82) is 0 Å². The van der Waals surface area contributed by atoms with Crippen molar-refractivity contribution in [3.05, 3.63) is 143 Å². The number of rotatable bonds is 16. The van der Waals surface area contributed by atoms with Gasteiger partial charge in [0.1, 0.15) is 59.8 Å². The van der Waals surface area contributed by atoms with Gasteiger partial charge in [0.2, 0.25) is 11.8 Å². The summed E-state index contributed by atoms with van der Waals surface area (Å²) in [6.45, 7) is 32.3. The number of piperazine rings is 2. The zero-order chi connectivity index (χ0) is 66.3. The number of amides is 6. The summed E-state index contributed by atoms with van der Waals surface area (Å²) in [6, 6.07) is 16.9. The summed E-state index contributed by atoms with van der Waals surface area (Å²) >= 11 is 0. The molecule has 90 heavy (non-hydrogen) atoms. The molecule has 0 spiro atoms. The maximum atomic E-state index is 13.2. The third-order valence-corrected chi connectivity index (χ3v) is 14.3. The summed E-state index contributed by atoms with van der Waals surface area (Å²) in [5, 5.41) is 5.78. The normalized spacial score (nSPS) is 14.8. The number of hydrogen-bond donors (Lipinski definition) is 4. The topological polar surface area (TPSA) is 300 Å². The van der Waals surface area contributed by atoms with Crippen LogP contribution in [0.1, 0.15) is 98.7 Å². The predicted octanol–water partition coefficient (Wildman–Crippen LogP) is 6.67. The number of nitrogens with two attached hydrogens (primary N) is 2. The van der Waals surface area contributed by atoms with E-state index in [4.69, 9.17) is 30.4 Å². The Hall–Kier alpha value is -8.78. The van der Waals surface area contributed by atoms with E-state index >= 15 is 0 Å². The van der Waals surface area contributed by atoms with Crippen LogP contribution in [0.4, 0.5) is 19.2 Å². The molecule has 0 saturated carbocycles. The Balaban J connectivity index is 0.000000250. The minimum atomic E-state index is -0.899. The van der Waals surface area contributed by atoms with Crippen LogP contribution in [0.25, 0.3) is 0 Å². The molecule has 4 aromatic heterocycles. The number of carbonyl (C=O) groups excluding carboxylic acids is 6. The van der Waals surface area contributed by atoms with Crippen molar-refractivity contribution in [2.45, 2.75) is 160 Å². The number of aromatic nitrogens is 8. The molecule has 2 aliphatic rings. The highest BCUT2D eigenvalue weighted by Crippen LogP contribution is 2.20. The molecule has 6 heterocycles. The predicted molar refractivity (Wildman–Crippen MR) is 341 cm³/mol. The van der Waals surface area contributed by atoms with Gasteiger partial charge in [0.15, 0.2) is 0 Å². The molecule has 0 aliphatic carbocycles. The van der Waals surface area contributed by atoms with Gasteiger partial charge in [-0.25, -0.2) is 39.1 Å². The number of nitrogens with one attached hydrogen (secondary N) is 2. The molecular formula is C64H96N16O10. The van der Waals surface area contributed by atoms with E-state index < -0.39 is 47.7 Å². The lowest BCUT2D eigenvalue weighted by Crippen LogP contribution is -2.62. The van der Waals surface area contributed by atoms with Crippen molar-refractivity contribution in [2.75, 3.05) is 65.4 Å². The molecule has 6 amide bonds. The van der Waals surface area contributed by atoms with E-state index in [1.807, 2.05) is 144 Å². The van der Waals surface area contributed by atoms with E-state index in [1.54, 1.807) is 47.7 Å². The first-order chi connectivity index (χ1) is 42.6. The Bertz CT molecular complexity index is 3210. The number of imidazole rings is 4. The fraction of sp³-hybridized carbons (Fsp3) is 0.531. The lowest BCUT2D eigenvalue weighted by Gasteiger charge is -2.40. The third kappa shape index (κ3) is 23.0. The monoisotopic (exact) mass is 1250 g/mol. The van der Waals surface area contributed by atoms with Crippen LogP contribution in [-0.2, 0) is 67.9 Å². The average molecular weight is 1250 g/mol. The molecule has 6 aromatic rings. The fourth-order valence-corrected chi connectivity index (χ4v) is 9.76. The van der Waals surface area contributed by atoms with E-state index in [0.29, 0.717) is 39.3 Å². The van der Waals surface area contributed by atoms with Gasteiger partial charge >= 0.3 is 24.4 Å². The van der Waals surface area contributed by atoms with Crippen molar-refractivity contribution in [3.8, 4) is 0 Å². The van der Waals surface area contributed by atoms with Crippen LogP contribution in [0.15, 0.2) is 85.5 Å². The highest BCUT2D eigenvalue weighted by Gasteiger charge is 2.41. The number of aryl methyl sites for hydroxylation is 8. The number of benzene rings is 2. The van der Waals surface area contributed by atoms with Gasteiger partial charge in [0, 0.05) is 115 Å². The average Bonchev–Trinajstić information content (AvgIpc) is 1.31. The van der Waals surface area contributed by atoms with E-state index in [1.165, 1.54) is 25.3 Å². The quantitative estimate of drug-likeness (QED) is 0.0736. The molecule has 0 radical (unpaired) electrons. The first kappa shape index (κ1) is 72.0. The molecule has 0 bridgehead atoms. The van der Waals surface area contributed by atoms with Crippen molar-refractivity contribution in [3.63, 3.8) is 0 Å². The molecule has 6 N–H and O–H groups in total. The van der Waals surface area contributed by atoms with Crippen LogP contribution in [0.5, 0.6) is 0 Å². The first-order valence-corrected chi connectivity index (χ1v) is 30.4. The molecule has 2 fully saturated rings. The summed E-state index contributed by atoms with van der Waals surface area (Å²) in [5.74, 6) is 3.09. The fourth-order valence-electron chi connectivity index (χ4n) is 9.76. The summed E-state index contributed by atoms with van der Waals surface area (Å²) in [4.78, 5) is 100. The minimum absolute atomic E-state index is 0.0182. The van der Waals surface area contributed by atoms with Crippen molar-refractivity contribution in [2.24, 2.45) is 11.5 Å². The maximum absolute atomic E-state index is 13.2. The molecule has 0 unspecified atom stereocenters. The molecular weight excluding hydrogens is 1150 g/mol. The van der Waals surface area contributed by atoms with Crippen LogP contribution >= 0.6 is 0 Å². The molecule has 26 heteroatoms. The van der Waals surface area contributed by atoms with Crippen LogP contribution in [0.3, 0.4) is 0 Å². The van der Waals surface area contributed by atoms with Gasteiger partial charge in [0.05, 0.1) is 24.5 Å². The van der Waals surface area contributed by atoms with Gasteiger partial charge in [-0.1, -0.05) is 60.7 Å². The minimum Gasteiger partial charge on any atom is -0.445 e. The first-order valence-electron chi connectivity index (χ1n) is 30.4. The van der Waals surface area contributed by atoms with Gasteiger partial charge in [-0.2, -0.15) is 0 Å². The standard InChI is InChI=1S/2C25H35N5O5.2C7H13N3/c1-18-15-28(19(2)27-18)12-11-26-22(31)21-16-29(23(32)35-25(3,4)5)13-14-30(21)24(33)34-17-20-9-7-6-8-10-20;1-18-15-27-19(2)29(18)12-11-26-22(31)21-16-28(23(32)35-25(3,4)5)13-14-30(21)24(33)34-17-20-9-7-6-8-10-20;1-6-5-10(4-3-8)7(2)9-6;1-6-5-9-7(2)10(6)4-3-8/h2*6-10,15,21H,11-14,16-17H2,1-5H3,(H,26,31);2*5H,3-4,8H2,1-2H3/t2*21-;;/m11../s1. The summed E-state index contributed by atoms with van der Waals surface area (Å²) in [6.07, 6.45) is 5.35. The van der Waals surface area contributed by atoms with E-state index in [-0.39, 0.29) is 64.3 Å². The van der Waals surface area contributed by atoms with Gasteiger partial charge in [-0.15, -0.1) is 0 Å². The second kappa shape index (κ2) is 34.3. The Labute approximate surface area is 529 Å². The van der Waals surface area contributed by atoms with Crippen LogP contribution in [-0.4, -0.2) is 183 Å². The molecule has 492 valence electrons. The van der Waals surface area contributed by atoms with Crippen molar-refractivity contribution >= 4 is 36.2 Å². The Morgan fingerprint density at radius 1 is 0.500 bits per heavy atom. The van der Waals surface area contributed by atoms with Crippen molar-refractivity contribution in [1.82, 2.24) is 68.4 Å². The molecule has 2 aromatic carbocycles. The van der Waals surface area contributed by atoms with E-state index in [2.05, 4.69) is 39.7 Å². The van der Waals surface area contributed by atoms with E-state index in [0.717, 1.165) is 64.6 Å². The van der Waals surface area contributed by atoms with Gasteiger partial charge in [-0.3, -0.25) is 19.4 Å². The Morgan fingerprint density at radius 2 is 0.878 bits per heavy atom.